The number of aromatic nitrogens is 1. The summed E-state index contributed by atoms with van der Waals surface area (Å²) < 4.78 is 20.7. The first kappa shape index (κ1) is 21.6. The molecule has 0 aliphatic rings. The maximum atomic E-state index is 12.6. The Bertz CT molecular complexity index is 836. The summed E-state index contributed by atoms with van der Waals surface area (Å²) in [6.07, 6.45) is 0.922. The van der Waals surface area contributed by atoms with Gasteiger partial charge in [-0.05, 0) is 31.9 Å². The topological polar surface area (TPSA) is 99.9 Å². The Morgan fingerprint density at radius 1 is 1.25 bits per heavy atom. The summed E-state index contributed by atoms with van der Waals surface area (Å²) in [7, 11) is 2.87. The highest BCUT2D eigenvalue weighted by Gasteiger charge is 2.25. The van der Waals surface area contributed by atoms with Gasteiger partial charge in [0, 0.05) is 6.07 Å². The van der Waals surface area contributed by atoms with Crippen LogP contribution in [0.1, 0.15) is 42.3 Å². The van der Waals surface area contributed by atoms with Crippen LogP contribution < -0.4 is 14.8 Å². The van der Waals surface area contributed by atoms with Gasteiger partial charge in [0.1, 0.15) is 5.76 Å². The number of hydrogen-bond donors (Lipinski definition) is 1. The number of carbonyl (C=O) groups is 2. The van der Waals surface area contributed by atoms with Crippen LogP contribution in [-0.2, 0) is 9.53 Å². The van der Waals surface area contributed by atoms with Crippen molar-refractivity contribution in [3.8, 4) is 11.5 Å². The number of ether oxygens (including phenoxy) is 3. The van der Waals surface area contributed by atoms with E-state index in [2.05, 4.69) is 10.5 Å². The zero-order chi connectivity index (χ0) is 20.7. The van der Waals surface area contributed by atoms with Gasteiger partial charge >= 0.3 is 5.97 Å². The maximum Gasteiger partial charge on any atom is 0.339 e. The minimum Gasteiger partial charge on any atom is -0.493 e. The van der Waals surface area contributed by atoms with Crippen LogP contribution in [0.5, 0.6) is 11.5 Å². The van der Waals surface area contributed by atoms with Crippen LogP contribution >= 0.6 is 11.6 Å². The fourth-order valence-electron chi connectivity index (χ4n) is 2.50. The molecule has 1 aromatic carbocycles. The third-order valence-corrected chi connectivity index (χ3v) is 4.19. The van der Waals surface area contributed by atoms with E-state index in [1.54, 1.807) is 13.0 Å². The predicted octanol–water partition coefficient (Wildman–Crippen LogP) is 4.01. The number of hydrogen-bond acceptors (Lipinski definition) is 7. The molecule has 0 fully saturated rings. The van der Waals surface area contributed by atoms with Crippen molar-refractivity contribution in [1.82, 2.24) is 5.16 Å². The van der Waals surface area contributed by atoms with E-state index in [9.17, 15) is 9.59 Å². The van der Waals surface area contributed by atoms with Crippen LogP contribution in [-0.4, -0.2) is 37.4 Å². The minimum atomic E-state index is -0.990. The summed E-state index contributed by atoms with van der Waals surface area (Å²) in [6.45, 7) is 3.68. The van der Waals surface area contributed by atoms with E-state index in [1.807, 2.05) is 6.92 Å². The molecule has 1 atom stereocenters. The van der Waals surface area contributed by atoms with Gasteiger partial charge in [-0.1, -0.05) is 30.1 Å². The van der Waals surface area contributed by atoms with Crippen LogP contribution in [0.25, 0.3) is 0 Å². The Kier molecular flexibility index (Phi) is 7.69. The zero-order valence-corrected chi connectivity index (χ0v) is 17.0. The van der Waals surface area contributed by atoms with E-state index in [1.165, 1.54) is 26.4 Å². The van der Waals surface area contributed by atoms with E-state index in [4.69, 9.17) is 30.3 Å². The number of unbranched alkanes of at least 4 members (excludes halogenated alkanes) is 1. The van der Waals surface area contributed by atoms with Gasteiger partial charge in [0.25, 0.3) is 5.91 Å². The molecule has 0 aliphatic carbocycles. The summed E-state index contributed by atoms with van der Waals surface area (Å²) in [4.78, 5) is 25.2. The molecule has 0 saturated heterocycles. The second-order valence-electron chi connectivity index (χ2n) is 6.04. The van der Waals surface area contributed by atoms with E-state index in [0.717, 1.165) is 6.42 Å². The summed E-state index contributed by atoms with van der Waals surface area (Å²) in [5.41, 5.74) is 0.147. The molecule has 0 bridgehead atoms. The number of amides is 1. The number of esters is 1. The van der Waals surface area contributed by atoms with Crippen molar-refractivity contribution in [1.29, 1.82) is 0 Å². The summed E-state index contributed by atoms with van der Waals surface area (Å²) in [5.74, 6) is 0.223. The molecule has 1 amide bonds. The molecule has 2 rings (SSSR count). The van der Waals surface area contributed by atoms with Gasteiger partial charge in [-0.2, -0.15) is 0 Å². The van der Waals surface area contributed by atoms with Crippen molar-refractivity contribution in [3.63, 3.8) is 0 Å². The second-order valence-corrected chi connectivity index (χ2v) is 6.45. The van der Waals surface area contributed by atoms with E-state index in [0.29, 0.717) is 24.4 Å². The molecule has 8 nitrogen and oxygen atoms in total. The van der Waals surface area contributed by atoms with Crippen molar-refractivity contribution in [3.05, 3.63) is 34.5 Å². The average molecular weight is 411 g/mol. The zero-order valence-electron chi connectivity index (χ0n) is 16.2. The monoisotopic (exact) mass is 410 g/mol. The lowest BCUT2D eigenvalue weighted by Gasteiger charge is -2.17. The Labute approximate surface area is 168 Å². The highest BCUT2D eigenvalue weighted by Crippen LogP contribution is 2.36. The lowest BCUT2D eigenvalue weighted by atomic mass is 10.1. The van der Waals surface area contributed by atoms with Crippen LogP contribution in [0.3, 0.4) is 0 Å². The number of nitrogens with zero attached hydrogens (tertiary/aromatic N) is 1. The fraction of sp³-hybridized carbons (Fsp3) is 0.421. The highest BCUT2D eigenvalue weighted by molar-refractivity contribution is 6.32. The first-order valence-electron chi connectivity index (χ1n) is 8.76. The first-order chi connectivity index (χ1) is 13.4. The Hall–Kier alpha value is -2.74. The molecule has 0 saturated carbocycles. The molecule has 0 aliphatic heterocycles. The van der Waals surface area contributed by atoms with Gasteiger partial charge in [-0.3, -0.25) is 4.79 Å². The van der Waals surface area contributed by atoms with Gasteiger partial charge < -0.3 is 24.1 Å². The van der Waals surface area contributed by atoms with Crippen LogP contribution in [0.2, 0.25) is 5.02 Å². The number of benzene rings is 1. The lowest BCUT2D eigenvalue weighted by molar-refractivity contribution is -0.125. The maximum absolute atomic E-state index is 12.6. The van der Waals surface area contributed by atoms with Crippen LogP contribution in [0.15, 0.2) is 22.7 Å². The van der Waals surface area contributed by atoms with Crippen molar-refractivity contribution >= 4 is 29.3 Å². The number of aryl methyl sites for hydroxylation is 1. The number of halogens is 1. The number of nitrogens with one attached hydrogen (secondary N) is 1. The fourth-order valence-corrected chi connectivity index (χ4v) is 2.79. The Morgan fingerprint density at radius 2 is 2.00 bits per heavy atom. The number of carbonyl (C=O) groups excluding carboxylic acids is 2. The van der Waals surface area contributed by atoms with E-state index in [-0.39, 0.29) is 22.2 Å². The Morgan fingerprint density at radius 3 is 2.57 bits per heavy atom. The molecule has 152 valence electrons. The molecule has 0 radical (unpaired) electrons. The highest BCUT2D eigenvalue weighted by atomic mass is 35.5. The van der Waals surface area contributed by atoms with Gasteiger partial charge in [0.15, 0.2) is 23.4 Å². The van der Waals surface area contributed by atoms with E-state index >= 15 is 0 Å². The first-order valence-corrected chi connectivity index (χ1v) is 9.14. The smallest absolute Gasteiger partial charge is 0.339 e. The van der Waals surface area contributed by atoms with Crippen molar-refractivity contribution < 1.29 is 28.3 Å². The molecule has 28 heavy (non-hydrogen) atoms. The number of rotatable bonds is 9. The predicted molar refractivity (Wildman–Crippen MR) is 103 cm³/mol. The molecule has 1 aromatic heterocycles. The van der Waals surface area contributed by atoms with E-state index < -0.39 is 18.0 Å². The van der Waals surface area contributed by atoms with Crippen LogP contribution in [0.4, 0.5) is 5.82 Å². The molecule has 1 heterocycles. The summed E-state index contributed by atoms with van der Waals surface area (Å²) in [5, 5.41) is 6.50. The average Bonchev–Trinajstić information content (AvgIpc) is 3.08. The molecule has 2 aromatic rings. The largest absolute Gasteiger partial charge is 0.493 e. The summed E-state index contributed by atoms with van der Waals surface area (Å²) >= 11 is 6.14. The standard InChI is InChI=1S/C19H23ClN2O6/c1-5-6-7-14(18(23)21-16-8-11(2)28-22-16)27-19(24)12-9-13(20)17(26-4)15(10-12)25-3/h8-10,14H,5-7H2,1-4H3,(H,21,22,23). The van der Waals surface area contributed by atoms with Crippen molar-refractivity contribution in [2.75, 3.05) is 19.5 Å². The number of anilines is 1. The summed E-state index contributed by atoms with van der Waals surface area (Å²) in [6, 6.07) is 4.43. The molecule has 9 heteroatoms. The Balaban J connectivity index is 2.17. The molecule has 0 spiro atoms. The van der Waals surface area contributed by atoms with Gasteiger partial charge in [0.05, 0.1) is 24.8 Å². The van der Waals surface area contributed by atoms with Crippen molar-refractivity contribution in [2.45, 2.75) is 39.2 Å². The quantitative estimate of drug-likeness (QED) is 0.623. The van der Waals surface area contributed by atoms with Gasteiger partial charge in [-0.25, -0.2) is 4.79 Å². The normalized spacial score (nSPS) is 11.6. The van der Waals surface area contributed by atoms with Crippen LogP contribution in [0, 0.1) is 6.92 Å². The molecular formula is C19H23ClN2O6. The second kappa shape index (κ2) is 9.98. The van der Waals surface area contributed by atoms with Gasteiger partial charge in [0.2, 0.25) is 0 Å². The number of methoxy groups -OCH3 is 2. The van der Waals surface area contributed by atoms with Crippen molar-refractivity contribution in [2.24, 2.45) is 0 Å². The molecule has 1 N–H and O–H groups in total. The molecule has 1 unspecified atom stereocenters. The SMILES string of the molecule is CCCCC(OC(=O)c1cc(Cl)c(OC)c(OC)c1)C(=O)Nc1cc(C)on1. The van der Waals surface area contributed by atoms with Gasteiger partial charge in [-0.15, -0.1) is 0 Å². The third-order valence-electron chi connectivity index (χ3n) is 3.91. The molecular weight excluding hydrogens is 388 g/mol. The minimum absolute atomic E-state index is 0.147. The lowest BCUT2D eigenvalue weighted by Crippen LogP contribution is -2.32. The third kappa shape index (κ3) is 5.39.